The van der Waals surface area contributed by atoms with Crippen LogP contribution in [0.3, 0.4) is 0 Å². The van der Waals surface area contributed by atoms with E-state index >= 15 is 0 Å². The summed E-state index contributed by atoms with van der Waals surface area (Å²) in [6.45, 7) is 7.78. The number of carboxylic acids is 1. The predicted molar refractivity (Wildman–Crippen MR) is 71.0 cm³/mol. The van der Waals surface area contributed by atoms with Crippen LogP contribution in [-0.4, -0.2) is 33.2 Å². The molecule has 0 aliphatic rings. The Balaban J connectivity index is 2.73. The number of carbonyl (C=O) groups excluding carboxylic acids is 1. The van der Waals surface area contributed by atoms with Crippen molar-refractivity contribution in [2.45, 2.75) is 46.1 Å². The summed E-state index contributed by atoms with van der Waals surface area (Å²) < 4.78 is 0. The van der Waals surface area contributed by atoms with Crippen molar-refractivity contribution < 1.29 is 14.7 Å². The van der Waals surface area contributed by atoms with Gasteiger partial charge in [0, 0.05) is 5.69 Å². The van der Waals surface area contributed by atoms with Crippen LogP contribution in [0.25, 0.3) is 0 Å². The van der Waals surface area contributed by atoms with E-state index in [1.807, 2.05) is 27.7 Å². The van der Waals surface area contributed by atoms with Crippen LogP contribution in [0.2, 0.25) is 0 Å². The molecule has 1 unspecified atom stereocenters. The third-order valence-electron chi connectivity index (χ3n) is 2.76. The Morgan fingerprint density at radius 3 is 2.42 bits per heavy atom. The van der Waals surface area contributed by atoms with Gasteiger partial charge in [-0.1, -0.05) is 27.7 Å². The zero-order valence-electron chi connectivity index (χ0n) is 11.7. The van der Waals surface area contributed by atoms with E-state index < -0.39 is 17.9 Å². The van der Waals surface area contributed by atoms with E-state index in [0.29, 0.717) is 6.42 Å². The summed E-state index contributed by atoms with van der Waals surface area (Å²) in [5.74, 6) is -1.07. The highest BCUT2D eigenvalue weighted by molar-refractivity contribution is 5.95. The van der Waals surface area contributed by atoms with Crippen LogP contribution < -0.4 is 5.32 Å². The molecule has 1 aromatic rings. The Labute approximate surface area is 112 Å². The molecule has 6 heteroatoms. The molecule has 1 rings (SSSR count). The molecule has 3 N–H and O–H groups in total. The van der Waals surface area contributed by atoms with Crippen molar-refractivity contribution in [1.82, 2.24) is 15.5 Å². The van der Waals surface area contributed by atoms with Gasteiger partial charge in [0.15, 0.2) is 0 Å². The first-order valence-corrected chi connectivity index (χ1v) is 6.40. The smallest absolute Gasteiger partial charge is 0.326 e. The highest BCUT2D eigenvalue weighted by atomic mass is 16.4. The SMILES string of the molecule is CC(C)CC(NC(=O)c1cc(C(C)C)[nH]n1)C(=O)O. The molecule has 0 spiro atoms. The number of nitrogens with one attached hydrogen (secondary N) is 2. The molecule has 106 valence electrons. The largest absolute Gasteiger partial charge is 0.480 e. The molecule has 0 aromatic carbocycles. The lowest BCUT2D eigenvalue weighted by molar-refractivity contribution is -0.139. The van der Waals surface area contributed by atoms with Gasteiger partial charge in [-0.05, 0) is 24.3 Å². The van der Waals surface area contributed by atoms with Crippen LogP contribution in [0.5, 0.6) is 0 Å². The van der Waals surface area contributed by atoms with Crippen molar-refractivity contribution in [1.29, 1.82) is 0 Å². The Bertz CT molecular complexity index is 452. The van der Waals surface area contributed by atoms with E-state index in [1.165, 1.54) is 0 Å². The first-order valence-electron chi connectivity index (χ1n) is 6.40. The first-order chi connectivity index (χ1) is 8.81. The molecule has 1 heterocycles. The van der Waals surface area contributed by atoms with Crippen molar-refractivity contribution >= 4 is 11.9 Å². The zero-order valence-corrected chi connectivity index (χ0v) is 11.7. The van der Waals surface area contributed by atoms with Gasteiger partial charge in [-0.2, -0.15) is 5.10 Å². The number of hydrogen-bond donors (Lipinski definition) is 3. The van der Waals surface area contributed by atoms with Gasteiger partial charge in [0.2, 0.25) is 0 Å². The molecule has 0 saturated heterocycles. The molecule has 0 saturated carbocycles. The first kappa shape index (κ1) is 15.2. The number of rotatable bonds is 6. The maximum Gasteiger partial charge on any atom is 0.326 e. The second-order valence-corrected chi connectivity index (χ2v) is 5.36. The van der Waals surface area contributed by atoms with E-state index in [-0.39, 0.29) is 17.5 Å². The molecular formula is C13H21N3O3. The van der Waals surface area contributed by atoms with Crippen molar-refractivity contribution in [2.24, 2.45) is 5.92 Å². The van der Waals surface area contributed by atoms with E-state index in [4.69, 9.17) is 5.11 Å². The average molecular weight is 267 g/mol. The van der Waals surface area contributed by atoms with Gasteiger partial charge in [0.05, 0.1) is 0 Å². The fourth-order valence-corrected chi connectivity index (χ4v) is 1.67. The predicted octanol–water partition coefficient (Wildman–Crippen LogP) is 1.76. The number of amides is 1. The third-order valence-corrected chi connectivity index (χ3v) is 2.76. The molecule has 0 fully saturated rings. The summed E-state index contributed by atoms with van der Waals surface area (Å²) in [5, 5.41) is 18.2. The van der Waals surface area contributed by atoms with E-state index in [0.717, 1.165) is 5.69 Å². The third kappa shape index (κ3) is 4.39. The van der Waals surface area contributed by atoms with Crippen molar-refractivity contribution in [3.8, 4) is 0 Å². The van der Waals surface area contributed by atoms with E-state index in [1.54, 1.807) is 6.07 Å². The lowest BCUT2D eigenvalue weighted by Crippen LogP contribution is -2.41. The van der Waals surface area contributed by atoms with Crippen LogP contribution in [0.15, 0.2) is 6.07 Å². The fourth-order valence-electron chi connectivity index (χ4n) is 1.67. The van der Waals surface area contributed by atoms with Gasteiger partial charge >= 0.3 is 5.97 Å². The highest BCUT2D eigenvalue weighted by Crippen LogP contribution is 2.12. The van der Waals surface area contributed by atoms with Crippen LogP contribution in [0.4, 0.5) is 0 Å². The fraction of sp³-hybridized carbons (Fsp3) is 0.615. The number of aliphatic carboxylic acids is 1. The number of carbonyl (C=O) groups is 2. The molecule has 1 atom stereocenters. The van der Waals surface area contributed by atoms with E-state index in [2.05, 4.69) is 15.5 Å². The summed E-state index contributed by atoms with van der Waals surface area (Å²) in [5.41, 5.74) is 1.07. The molecule has 0 radical (unpaired) electrons. The maximum atomic E-state index is 11.9. The number of H-pyrrole nitrogens is 1. The molecule has 0 bridgehead atoms. The summed E-state index contributed by atoms with van der Waals surface area (Å²) in [7, 11) is 0. The van der Waals surface area contributed by atoms with Gasteiger partial charge < -0.3 is 10.4 Å². The Kier molecular flexibility index (Phi) is 5.09. The van der Waals surface area contributed by atoms with Crippen LogP contribution in [0, 0.1) is 5.92 Å². The van der Waals surface area contributed by atoms with Crippen molar-refractivity contribution in [3.63, 3.8) is 0 Å². The number of nitrogens with zero attached hydrogens (tertiary/aromatic N) is 1. The van der Waals surface area contributed by atoms with Crippen LogP contribution in [-0.2, 0) is 4.79 Å². The lowest BCUT2D eigenvalue weighted by Gasteiger charge is -2.15. The monoisotopic (exact) mass is 267 g/mol. The van der Waals surface area contributed by atoms with Gasteiger partial charge in [0.25, 0.3) is 5.91 Å². The summed E-state index contributed by atoms with van der Waals surface area (Å²) in [4.78, 5) is 23.0. The van der Waals surface area contributed by atoms with Gasteiger partial charge in [-0.15, -0.1) is 0 Å². The molecule has 0 aliphatic heterocycles. The molecule has 0 aliphatic carbocycles. The van der Waals surface area contributed by atoms with Gasteiger partial charge in [0.1, 0.15) is 11.7 Å². The Morgan fingerprint density at radius 2 is 2.00 bits per heavy atom. The van der Waals surface area contributed by atoms with E-state index in [9.17, 15) is 9.59 Å². The normalized spacial score (nSPS) is 12.7. The quantitative estimate of drug-likeness (QED) is 0.732. The minimum absolute atomic E-state index is 0.187. The average Bonchev–Trinajstić information content (AvgIpc) is 2.76. The summed E-state index contributed by atoms with van der Waals surface area (Å²) >= 11 is 0. The molecule has 1 amide bonds. The molecule has 1 aromatic heterocycles. The minimum Gasteiger partial charge on any atom is -0.480 e. The number of aromatic amines is 1. The van der Waals surface area contributed by atoms with Crippen molar-refractivity contribution in [2.75, 3.05) is 0 Å². The molecular weight excluding hydrogens is 246 g/mol. The summed E-state index contributed by atoms with van der Waals surface area (Å²) in [6.07, 6.45) is 0.391. The Morgan fingerprint density at radius 1 is 1.37 bits per heavy atom. The second-order valence-electron chi connectivity index (χ2n) is 5.36. The molecule has 19 heavy (non-hydrogen) atoms. The summed E-state index contributed by atoms with van der Waals surface area (Å²) in [6, 6.07) is 0.764. The zero-order chi connectivity index (χ0) is 14.6. The van der Waals surface area contributed by atoms with Gasteiger partial charge in [-0.3, -0.25) is 9.89 Å². The number of carboxylic acid groups (broad SMARTS) is 1. The topological polar surface area (TPSA) is 95.1 Å². The molecule has 6 nitrogen and oxygen atoms in total. The second kappa shape index (κ2) is 6.36. The van der Waals surface area contributed by atoms with Crippen LogP contribution in [0.1, 0.15) is 56.2 Å². The highest BCUT2D eigenvalue weighted by Gasteiger charge is 2.23. The number of aromatic nitrogens is 2. The minimum atomic E-state index is -1.03. The standard InChI is InChI=1S/C13H21N3O3/c1-7(2)5-11(13(18)19)14-12(17)10-6-9(8(3)4)15-16-10/h6-8,11H,5H2,1-4H3,(H,14,17)(H,15,16)(H,18,19). The van der Waals surface area contributed by atoms with Crippen molar-refractivity contribution in [3.05, 3.63) is 17.5 Å². The van der Waals surface area contributed by atoms with Gasteiger partial charge in [-0.25, -0.2) is 4.79 Å². The number of hydrogen-bond acceptors (Lipinski definition) is 3. The maximum absolute atomic E-state index is 11.9. The Hall–Kier alpha value is -1.85. The lowest BCUT2D eigenvalue weighted by atomic mass is 10.0. The van der Waals surface area contributed by atoms with Crippen LogP contribution >= 0.6 is 0 Å².